The third-order valence-corrected chi connectivity index (χ3v) is 2.95. The Morgan fingerprint density at radius 1 is 1.05 bits per heavy atom. The van der Waals surface area contributed by atoms with Crippen LogP contribution in [0.4, 0.5) is 13.2 Å². The van der Waals surface area contributed by atoms with Crippen LogP contribution in [0.25, 0.3) is 16.9 Å². The number of aromatic nitrogens is 3. The maximum absolute atomic E-state index is 12.5. The van der Waals surface area contributed by atoms with Gasteiger partial charge in [-0.2, -0.15) is 18.3 Å². The van der Waals surface area contributed by atoms with E-state index in [0.29, 0.717) is 16.9 Å². The Morgan fingerprint density at radius 3 is 2.40 bits per heavy atom. The lowest BCUT2D eigenvalue weighted by atomic mass is 10.1. The molecule has 0 spiro atoms. The summed E-state index contributed by atoms with van der Waals surface area (Å²) in [5.74, 6) is 0. The zero-order chi connectivity index (χ0) is 14.3. The second-order valence-corrected chi connectivity index (χ2v) is 4.48. The Labute approximate surface area is 112 Å². The van der Waals surface area contributed by atoms with Crippen LogP contribution >= 0.6 is 0 Å². The maximum Gasteiger partial charge on any atom is 0.416 e. The fraction of sp³-hybridized carbons (Fsp3) is 0.143. The van der Waals surface area contributed by atoms with Gasteiger partial charge in [-0.15, -0.1) is 0 Å². The van der Waals surface area contributed by atoms with E-state index in [2.05, 4.69) is 10.1 Å². The quantitative estimate of drug-likeness (QED) is 0.678. The Balaban J connectivity index is 2.02. The number of nitrogens with zero attached hydrogens (tertiary/aromatic N) is 3. The first-order valence-electron chi connectivity index (χ1n) is 5.94. The minimum absolute atomic E-state index is 0.617. The summed E-state index contributed by atoms with van der Waals surface area (Å²) in [5, 5.41) is 4.20. The highest BCUT2D eigenvalue weighted by Gasteiger charge is 2.29. The highest BCUT2D eigenvalue weighted by atomic mass is 19.4. The fourth-order valence-corrected chi connectivity index (χ4v) is 1.99. The minimum Gasteiger partial charge on any atom is -0.229 e. The molecule has 3 nitrogen and oxygen atoms in total. The first-order valence-corrected chi connectivity index (χ1v) is 5.94. The summed E-state index contributed by atoms with van der Waals surface area (Å²) in [5.41, 5.74) is 2.09. The fourth-order valence-electron chi connectivity index (χ4n) is 1.99. The molecule has 102 valence electrons. The molecule has 0 amide bonds. The van der Waals surface area contributed by atoms with E-state index >= 15 is 0 Å². The third-order valence-electron chi connectivity index (χ3n) is 2.95. The highest BCUT2D eigenvalue weighted by Crippen LogP contribution is 2.30. The SMILES string of the molecule is Cc1cc2nc(-c3ccc(C(F)(F)F)cc3)ccn2n1. The molecule has 1 aromatic carbocycles. The van der Waals surface area contributed by atoms with Crippen molar-refractivity contribution in [2.45, 2.75) is 13.1 Å². The molecular weight excluding hydrogens is 267 g/mol. The molecule has 0 unspecified atom stereocenters. The predicted molar refractivity (Wildman–Crippen MR) is 68.2 cm³/mol. The van der Waals surface area contributed by atoms with E-state index in [0.717, 1.165) is 17.8 Å². The van der Waals surface area contributed by atoms with Gasteiger partial charge in [-0.1, -0.05) is 12.1 Å². The number of hydrogen-bond acceptors (Lipinski definition) is 2. The van der Waals surface area contributed by atoms with Gasteiger partial charge in [-0.05, 0) is 25.1 Å². The summed E-state index contributed by atoms with van der Waals surface area (Å²) in [6.07, 6.45) is -2.58. The average molecular weight is 277 g/mol. The Morgan fingerprint density at radius 2 is 1.75 bits per heavy atom. The lowest BCUT2D eigenvalue weighted by molar-refractivity contribution is -0.137. The number of halogens is 3. The molecule has 3 aromatic rings. The number of benzene rings is 1. The molecule has 0 aliphatic heterocycles. The van der Waals surface area contributed by atoms with Gasteiger partial charge in [0.1, 0.15) is 0 Å². The normalized spacial score (nSPS) is 12.0. The lowest BCUT2D eigenvalue weighted by Gasteiger charge is -2.07. The van der Waals surface area contributed by atoms with Gasteiger partial charge in [-0.3, -0.25) is 0 Å². The van der Waals surface area contributed by atoms with Gasteiger partial charge in [0, 0.05) is 17.8 Å². The van der Waals surface area contributed by atoms with Crippen LogP contribution in [0.5, 0.6) is 0 Å². The molecule has 6 heteroatoms. The average Bonchev–Trinajstić information content (AvgIpc) is 2.77. The molecule has 0 aliphatic carbocycles. The molecule has 0 bridgehead atoms. The molecule has 2 heterocycles. The summed E-state index contributed by atoms with van der Waals surface area (Å²) in [7, 11) is 0. The van der Waals surface area contributed by atoms with Crippen LogP contribution in [0.2, 0.25) is 0 Å². The van der Waals surface area contributed by atoms with Crippen LogP contribution in [0.3, 0.4) is 0 Å². The summed E-state index contributed by atoms with van der Waals surface area (Å²) < 4.78 is 39.1. The molecule has 2 aromatic heterocycles. The number of rotatable bonds is 1. The van der Waals surface area contributed by atoms with Crippen molar-refractivity contribution < 1.29 is 13.2 Å². The van der Waals surface area contributed by atoms with Crippen molar-refractivity contribution in [2.75, 3.05) is 0 Å². The van der Waals surface area contributed by atoms with Crippen molar-refractivity contribution >= 4 is 5.65 Å². The van der Waals surface area contributed by atoms with Crippen LogP contribution in [0, 0.1) is 6.92 Å². The predicted octanol–water partition coefficient (Wildman–Crippen LogP) is 3.72. The summed E-state index contributed by atoms with van der Waals surface area (Å²) in [6.45, 7) is 1.85. The largest absolute Gasteiger partial charge is 0.416 e. The van der Waals surface area contributed by atoms with Crippen molar-refractivity contribution in [3.05, 3.63) is 53.9 Å². The van der Waals surface area contributed by atoms with Crippen LogP contribution in [-0.2, 0) is 6.18 Å². The van der Waals surface area contributed by atoms with Gasteiger partial charge < -0.3 is 0 Å². The van der Waals surface area contributed by atoms with Crippen LogP contribution in [-0.4, -0.2) is 14.6 Å². The van der Waals surface area contributed by atoms with E-state index < -0.39 is 11.7 Å². The van der Waals surface area contributed by atoms with E-state index in [1.807, 2.05) is 13.0 Å². The van der Waals surface area contributed by atoms with Crippen molar-refractivity contribution in [1.82, 2.24) is 14.6 Å². The zero-order valence-electron chi connectivity index (χ0n) is 10.5. The smallest absolute Gasteiger partial charge is 0.229 e. The first kappa shape index (κ1) is 12.7. The van der Waals surface area contributed by atoms with Gasteiger partial charge >= 0.3 is 6.18 Å². The number of alkyl halides is 3. The van der Waals surface area contributed by atoms with Crippen LogP contribution < -0.4 is 0 Å². The standard InChI is InChI=1S/C14H10F3N3/c1-9-8-13-18-12(6-7-20(13)19-9)10-2-4-11(5-3-10)14(15,16)17/h2-8H,1H3. The Kier molecular flexibility index (Phi) is 2.74. The highest BCUT2D eigenvalue weighted by molar-refractivity contribution is 5.61. The molecular formula is C14H10F3N3. The second kappa shape index (κ2) is 4.33. The third kappa shape index (κ3) is 2.24. The van der Waals surface area contributed by atoms with Crippen molar-refractivity contribution in [3.8, 4) is 11.3 Å². The molecule has 0 atom stereocenters. The van der Waals surface area contributed by atoms with E-state index in [4.69, 9.17) is 0 Å². The molecule has 20 heavy (non-hydrogen) atoms. The second-order valence-electron chi connectivity index (χ2n) is 4.48. The maximum atomic E-state index is 12.5. The summed E-state index contributed by atoms with van der Waals surface area (Å²) in [4.78, 5) is 4.38. The Bertz CT molecular complexity index is 757. The van der Waals surface area contributed by atoms with Gasteiger partial charge in [0.25, 0.3) is 0 Å². The van der Waals surface area contributed by atoms with Crippen molar-refractivity contribution in [3.63, 3.8) is 0 Å². The topological polar surface area (TPSA) is 30.2 Å². The van der Waals surface area contributed by atoms with E-state index in [1.165, 1.54) is 12.1 Å². The molecule has 0 fully saturated rings. The van der Waals surface area contributed by atoms with Crippen molar-refractivity contribution in [2.24, 2.45) is 0 Å². The monoisotopic (exact) mass is 277 g/mol. The van der Waals surface area contributed by atoms with Gasteiger partial charge in [0.05, 0.1) is 17.0 Å². The van der Waals surface area contributed by atoms with E-state index in [-0.39, 0.29) is 0 Å². The van der Waals surface area contributed by atoms with Crippen LogP contribution in [0.15, 0.2) is 42.6 Å². The minimum atomic E-state index is -4.32. The van der Waals surface area contributed by atoms with Gasteiger partial charge in [0.2, 0.25) is 0 Å². The van der Waals surface area contributed by atoms with Crippen LogP contribution in [0.1, 0.15) is 11.3 Å². The molecule has 0 saturated heterocycles. The number of fused-ring (bicyclic) bond motifs is 1. The number of hydrogen-bond donors (Lipinski definition) is 0. The zero-order valence-corrected chi connectivity index (χ0v) is 10.5. The molecule has 0 saturated carbocycles. The van der Waals surface area contributed by atoms with Gasteiger partial charge in [-0.25, -0.2) is 9.50 Å². The first-order chi connectivity index (χ1) is 9.43. The van der Waals surface area contributed by atoms with E-state index in [1.54, 1.807) is 16.8 Å². The summed E-state index contributed by atoms with van der Waals surface area (Å²) in [6, 6.07) is 8.50. The summed E-state index contributed by atoms with van der Waals surface area (Å²) >= 11 is 0. The molecule has 0 aliphatic rings. The van der Waals surface area contributed by atoms with Crippen molar-refractivity contribution in [1.29, 1.82) is 0 Å². The molecule has 0 N–H and O–H groups in total. The Hall–Kier alpha value is -2.37. The van der Waals surface area contributed by atoms with E-state index in [9.17, 15) is 13.2 Å². The molecule has 0 radical (unpaired) electrons. The molecule has 3 rings (SSSR count). The lowest BCUT2D eigenvalue weighted by Crippen LogP contribution is -2.04. The number of aryl methyl sites for hydroxylation is 1. The van der Waals surface area contributed by atoms with Gasteiger partial charge in [0.15, 0.2) is 5.65 Å².